The van der Waals surface area contributed by atoms with Crippen molar-refractivity contribution in [2.24, 2.45) is 11.3 Å². The molecule has 0 spiro atoms. The van der Waals surface area contributed by atoms with Crippen LogP contribution < -0.4 is 0 Å². The van der Waals surface area contributed by atoms with E-state index >= 15 is 0 Å². The SMILES string of the molecule is CC(C)(C)C1CCC(=CC[13CH]2OCCO2)CC1. The Morgan fingerprint density at radius 2 is 1.71 bits per heavy atom. The summed E-state index contributed by atoms with van der Waals surface area (Å²) < 4.78 is 10.9. The van der Waals surface area contributed by atoms with Crippen LogP contribution in [0.3, 0.4) is 0 Å². The van der Waals surface area contributed by atoms with E-state index in [0.29, 0.717) is 5.41 Å². The van der Waals surface area contributed by atoms with Crippen LogP contribution in [0.4, 0.5) is 0 Å². The fraction of sp³-hybridized carbons (Fsp3) is 0.867. The van der Waals surface area contributed by atoms with Gasteiger partial charge in [-0.3, -0.25) is 0 Å². The van der Waals surface area contributed by atoms with Crippen molar-refractivity contribution >= 4 is 0 Å². The van der Waals surface area contributed by atoms with Crippen LogP contribution in [0.5, 0.6) is 0 Å². The molecule has 2 fully saturated rings. The summed E-state index contributed by atoms with van der Waals surface area (Å²) in [5.41, 5.74) is 2.09. The molecule has 0 aromatic carbocycles. The summed E-state index contributed by atoms with van der Waals surface area (Å²) in [7, 11) is 0. The first-order chi connectivity index (χ1) is 8.05. The Morgan fingerprint density at radius 3 is 2.24 bits per heavy atom. The van der Waals surface area contributed by atoms with Crippen molar-refractivity contribution < 1.29 is 9.47 Å². The van der Waals surface area contributed by atoms with Gasteiger partial charge in [-0.15, -0.1) is 0 Å². The summed E-state index contributed by atoms with van der Waals surface area (Å²) in [5, 5.41) is 0. The molecule has 1 saturated carbocycles. The fourth-order valence-corrected chi connectivity index (χ4v) is 2.86. The van der Waals surface area contributed by atoms with Gasteiger partial charge in [0.2, 0.25) is 0 Å². The molecule has 1 aliphatic carbocycles. The smallest absolute Gasteiger partial charge is 0.161 e. The number of hydrogen-bond donors (Lipinski definition) is 0. The molecule has 2 aliphatic rings. The Labute approximate surface area is 105 Å². The zero-order chi connectivity index (χ0) is 12.3. The minimum Gasteiger partial charge on any atom is -0.350 e. The standard InChI is InChI=1S/C15H26O2/c1-15(2,3)13-7-4-12(5-8-13)6-9-14-16-10-11-17-14/h6,13-14H,4-5,7-11H2,1-3H3/i14+1. The maximum atomic E-state index is 5.45. The van der Waals surface area contributed by atoms with Gasteiger partial charge in [-0.1, -0.05) is 32.4 Å². The average Bonchev–Trinajstić information content (AvgIpc) is 2.78. The van der Waals surface area contributed by atoms with E-state index in [9.17, 15) is 0 Å². The van der Waals surface area contributed by atoms with Crippen LogP contribution in [-0.4, -0.2) is 19.5 Å². The van der Waals surface area contributed by atoms with E-state index < -0.39 is 0 Å². The lowest BCUT2D eigenvalue weighted by atomic mass is 9.71. The predicted molar refractivity (Wildman–Crippen MR) is 69.8 cm³/mol. The van der Waals surface area contributed by atoms with E-state index in [0.717, 1.165) is 25.6 Å². The number of rotatable bonds is 2. The molecule has 98 valence electrons. The molecule has 2 nitrogen and oxygen atoms in total. The zero-order valence-electron chi connectivity index (χ0n) is 11.5. The van der Waals surface area contributed by atoms with Crippen LogP contribution in [-0.2, 0) is 9.47 Å². The Hall–Kier alpha value is -0.340. The van der Waals surface area contributed by atoms with Gasteiger partial charge in [-0.25, -0.2) is 0 Å². The van der Waals surface area contributed by atoms with Gasteiger partial charge in [0.1, 0.15) is 0 Å². The van der Waals surface area contributed by atoms with Crippen LogP contribution in [0.25, 0.3) is 0 Å². The van der Waals surface area contributed by atoms with Gasteiger partial charge in [0, 0.05) is 6.42 Å². The summed E-state index contributed by atoms with van der Waals surface area (Å²) in [6, 6.07) is 0. The van der Waals surface area contributed by atoms with Crippen molar-refractivity contribution in [1.82, 2.24) is 0 Å². The third-order valence-electron chi connectivity index (χ3n) is 4.14. The molecule has 0 N–H and O–H groups in total. The molecule has 0 atom stereocenters. The highest BCUT2D eigenvalue weighted by atomic mass is 16.8. The fourth-order valence-electron chi connectivity index (χ4n) is 2.86. The molecule has 1 heterocycles. The van der Waals surface area contributed by atoms with Crippen molar-refractivity contribution in [3.63, 3.8) is 0 Å². The summed E-state index contributed by atoms with van der Waals surface area (Å²) >= 11 is 0. The number of ether oxygens (including phenoxy) is 2. The molecule has 1 saturated heterocycles. The average molecular weight is 239 g/mol. The van der Waals surface area contributed by atoms with E-state index in [1.165, 1.54) is 25.7 Å². The van der Waals surface area contributed by atoms with Crippen molar-refractivity contribution in [2.45, 2.75) is 59.2 Å². The Bertz CT molecular complexity index is 259. The van der Waals surface area contributed by atoms with E-state index in [4.69, 9.17) is 9.47 Å². The van der Waals surface area contributed by atoms with E-state index in [1.807, 2.05) is 0 Å². The predicted octanol–water partition coefficient (Wildman–Crippen LogP) is 3.91. The monoisotopic (exact) mass is 239 g/mol. The van der Waals surface area contributed by atoms with E-state index in [1.54, 1.807) is 5.57 Å². The lowest BCUT2D eigenvalue weighted by molar-refractivity contribution is -0.0382. The van der Waals surface area contributed by atoms with Crippen LogP contribution in [0, 0.1) is 11.3 Å². The molecule has 0 aromatic heterocycles. The molecule has 1 aliphatic heterocycles. The van der Waals surface area contributed by atoms with Crippen LogP contribution in [0.2, 0.25) is 0 Å². The molecular weight excluding hydrogens is 213 g/mol. The van der Waals surface area contributed by atoms with Gasteiger partial charge < -0.3 is 9.47 Å². The van der Waals surface area contributed by atoms with Crippen LogP contribution in [0.1, 0.15) is 52.9 Å². The third-order valence-corrected chi connectivity index (χ3v) is 4.14. The Balaban J connectivity index is 1.76. The highest BCUT2D eigenvalue weighted by molar-refractivity contribution is 5.06. The molecule has 17 heavy (non-hydrogen) atoms. The summed E-state index contributed by atoms with van der Waals surface area (Å²) in [4.78, 5) is 0. The summed E-state index contributed by atoms with van der Waals surface area (Å²) in [5.74, 6) is 0.888. The molecule has 2 rings (SSSR count). The summed E-state index contributed by atoms with van der Waals surface area (Å²) in [6.45, 7) is 8.63. The Kier molecular flexibility index (Phi) is 4.26. The molecule has 0 aromatic rings. The molecule has 2 heteroatoms. The van der Waals surface area contributed by atoms with Gasteiger partial charge in [0.15, 0.2) is 6.29 Å². The van der Waals surface area contributed by atoms with Crippen molar-refractivity contribution in [1.29, 1.82) is 0 Å². The molecule has 0 unspecified atom stereocenters. The lowest BCUT2D eigenvalue weighted by Gasteiger charge is -2.34. The molecular formula is C15H26O2. The molecule has 0 amide bonds. The molecule has 0 radical (unpaired) electrons. The third kappa shape index (κ3) is 3.82. The van der Waals surface area contributed by atoms with Gasteiger partial charge in [0.05, 0.1) is 13.2 Å². The topological polar surface area (TPSA) is 18.5 Å². The summed E-state index contributed by atoms with van der Waals surface area (Å²) in [6.07, 6.45) is 8.57. The van der Waals surface area contributed by atoms with Crippen molar-refractivity contribution in [3.05, 3.63) is 11.6 Å². The van der Waals surface area contributed by atoms with Gasteiger partial charge in [-0.05, 0) is 37.0 Å². The molecule has 0 bridgehead atoms. The number of allylic oxidation sites excluding steroid dienone is 1. The van der Waals surface area contributed by atoms with E-state index in [-0.39, 0.29) is 6.29 Å². The normalized spacial score (nSPS) is 27.5. The first-order valence-corrected chi connectivity index (χ1v) is 6.97. The maximum absolute atomic E-state index is 5.45. The largest absolute Gasteiger partial charge is 0.350 e. The first-order valence-electron chi connectivity index (χ1n) is 6.97. The Morgan fingerprint density at radius 1 is 1.12 bits per heavy atom. The highest BCUT2D eigenvalue weighted by Gasteiger charge is 2.27. The van der Waals surface area contributed by atoms with E-state index in [2.05, 4.69) is 26.8 Å². The van der Waals surface area contributed by atoms with Gasteiger partial charge in [-0.2, -0.15) is 0 Å². The second kappa shape index (κ2) is 5.53. The lowest BCUT2D eigenvalue weighted by Crippen LogP contribution is -2.23. The van der Waals surface area contributed by atoms with Crippen molar-refractivity contribution in [3.8, 4) is 0 Å². The minimum absolute atomic E-state index is 0.0304. The van der Waals surface area contributed by atoms with Gasteiger partial charge in [0.25, 0.3) is 0 Å². The maximum Gasteiger partial charge on any atom is 0.161 e. The van der Waals surface area contributed by atoms with Crippen LogP contribution >= 0.6 is 0 Å². The minimum atomic E-state index is 0.0304. The number of hydrogen-bond acceptors (Lipinski definition) is 2. The second-order valence-electron chi connectivity index (χ2n) is 6.41. The zero-order valence-corrected chi connectivity index (χ0v) is 11.5. The quantitative estimate of drug-likeness (QED) is 0.537. The van der Waals surface area contributed by atoms with Crippen molar-refractivity contribution in [2.75, 3.05) is 13.2 Å². The van der Waals surface area contributed by atoms with Gasteiger partial charge >= 0.3 is 0 Å². The second-order valence-corrected chi connectivity index (χ2v) is 6.41. The first kappa shape index (κ1) is 13.1. The highest BCUT2D eigenvalue weighted by Crippen LogP contribution is 2.39. The van der Waals surface area contributed by atoms with Crippen LogP contribution in [0.15, 0.2) is 11.6 Å².